The third-order valence-corrected chi connectivity index (χ3v) is 2.72. The number of rotatable bonds is 7. The first kappa shape index (κ1) is 13.8. The molecule has 0 aliphatic heterocycles. The molecular formula is C13H22N2O2. The molecule has 1 unspecified atom stereocenters. The fourth-order valence-electron chi connectivity index (χ4n) is 1.75. The number of anilines is 1. The molecule has 17 heavy (non-hydrogen) atoms. The normalized spacial score (nSPS) is 12.2. The van der Waals surface area contributed by atoms with E-state index >= 15 is 0 Å². The number of nitrogens with zero attached hydrogens (tertiary/aromatic N) is 1. The zero-order chi connectivity index (χ0) is 12.7. The molecule has 1 aromatic rings. The molecule has 4 nitrogen and oxygen atoms in total. The Bertz CT molecular complexity index is 314. The number of nitrogens with one attached hydrogen (secondary N) is 1. The van der Waals surface area contributed by atoms with Crippen LogP contribution in [0.2, 0.25) is 0 Å². The lowest BCUT2D eigenvalue weighted by atomic mass is 10.2. The Morgan fingerprint density at radius 1 is 1.35 bits per heavy atom. The Hall–Kier alpha value is -1.26. The summed E-state index contributed by atoms with van der Waals surface area (Å²) < 4.78 is 5.12. The molecule has 1 aromatic carbocycles. The lowest BCUT2D eigenvalue weighted by molar-refractivity contribution is 0.246. The molecule has 4 heteroatoms. The standard InChI is InChI=1S/C13H22N2O2/c1-4-14-11(10-16)9-15(2)12-5-7-13(17-3)8-6-12/h5-8,11,14,16H,4,9-10H2,1-3H3. The molecule has 0 radical (unpaired) electrons. The van der Waals surface area contributed by atoms with E-state index < -0.39 is 0 Å². The van der Waals surface area contributed by atoms with Crippen molar-refractivity contribution >= 4 is 5.69 Å². The van der Waals surface area contributed by atoms with Gasteiger partial charge in [-0.25, -0.2) is 0 Å². The number of hydrogen-bond acceptors (Lipinski definition) is 4. The van der Waals surface area contributed by atoms with Gasteiger partial charge in [0.25, 0.3) is 0 Å². The monoisotopic (exact) mass is 238 g/mol. The van der Waals surface area contributed by atoms with Crippen LogP contribution in [0, 0.1) is 0 Å². The number of aliphatic hydroxyl groups excluding tert-OH is 1. The Morgan fingerprint density at radius 3 is 2.47 bits per heavy atom. The third kappa shape index (κ3) is 4.24. The van der Waals surface area contributed by atoms with Crippen molar-refractivity contribution in [2.75, 3.05) is 38.8 Å². The largest absolute Gasteiger partial charge is 0.497 e. The highest BCUT2D eigenvalue weighted by Crippen LogP contribution is 2.18. The van der Waals surface area contributed by atoms with E-state index in [1.54, 1.807) is 7.11 Å². The highest BCUT2D eigenvalue weighted by atomic mass is 16.5. The summed E-state index contributed by atoms with van der Waals surface area (Å²) in [6.07, 6.45) is 0. The van der Waals surface area contributed by atoms with E-state index in [0.29, 0.717) is 0 Å². The molecule has 0 saturated carbocycles. The topological polar surface area (TPSA) is 44.7 Å². The highest BCUT2D eigenvalue weighted by Gasteiger charge is 2.09. The van der Waals surface area contributed by atoms with E-state index in [2.05, 4.69) is 10.2 Å². The number of methoxy groups -OCH3 is 1. The summed E-state index contributed by atoms with van der Waals surface area (Å²) in [7, 11) is 3.67. The van der Waals surface area contributed by atoms with E-state index in [0.717, 1.165) is 24.5 Å². The van der Waals surface area contributed by atoms with Gasteiger partial charge in [0.05, 0.1) is 13.7 Å². The average Bonchev–Trinajstić information content (AvgIpc) is 2.38. The van der Waals surface area contributed by atoms with Crippen LogP contribution in [-0.4, -0.2) is 45.0 Å². The smallest absolute Gasteiger partial charge is 0.119 e. The second-order valence-corrected chi connectivity index (χ2v) is 4.02. The highest BCUT2D eigenvalue weighted by molar-refractivity contribution is 5.48. The van der Waals surface area contributed by atoms with Gasteiger partial charge in [-0.15, -0.1) is 0 Å². The Morgan fingerprint density at radius 2 is 2.00 bits per heavy atom. The molecule has 0 amide bonds. The van der Waals surface area contributed by atoms with Crippen LogP contribution in [0.1, 0.15) is 6.92 Å². The number of aliphatic hydroxyl groups is 1. The van der Waals surface area contributed by atoms with E-state index in [1.807, 2.05) is 38.2 Å². The first-order valence-corrected chi connectivity index (χ1v) is 5.90. The van der Waals surface area contributed by atoms with Gasteiger partial charge in [0.1, 0.15) is 5.75 Å². The Kier molecular flexibility index (Phi) is 5.80. The van der Waals surface area contributed by atoms with Crippen LogP contribution in [0.25, 0.3) is 0 Å². The van der Waals surface area contributed by atoms with Crippen molar-refractivity contribution in [3.05, 3.63) is 24.3 Å². The van der Waals surface area contributed by atoms with Crippen LogP contribution >= 0.6 is 0 Å². The maximum absolute atomic E-state index is 9.23. The quantitative estimate of drug-likeness (QED) is 0.747. The van der Waals surface area contributed by atoms with Crippen LogP contribution in [0.15, 0.2) is 24.3 Å². The average molecular weight is 238 g/mol. The summed E-state index contributed by atoms with van der Waals surface area (Å²) in [6.45, 7) is 3.82. The van der Waals surface area contributed by atoms with E-state index in [4.69, 9.17) is 4.74 Å². The minimum atomic E-state index is 0.104. The summed E-state index contributed by atoms with van der Waals surface area (Å²) in [4.78, 5) is 2.11. The van der Waals surface area contributed by atoms with Crippen LogP contribution < -0.4 is 15.0 Å². The zero-order valence-corrected chi connectivity index (χ0v) is 10.8. The van der Waals surface area contributed by atoms with Gasteiger partial charge in [-0.2, -0.15) is 0 Å². The summed E-state index contributed by atoms with van der Waals surface area (Å²) in [5, 5.41) is 12.5. The molecule has 96 valence electrons. The van der Waals surface area contributed by atoms with E-state index in [1.165, 1.54) is 0 Å². The van der Waals surface area contributed by atoms with Gasteiger partial charge in [-0.05, 0) is 30.8 Å². The molecule has 0 spiro atoms. The van der Waals surface area contributed by atoms with Crippen molar-refractivity contribution < 1.29 is 9.84 Å². The van der Waals surface area contributed by atoms with Crippen LogP contribution in [0.4, 0.5) is 5.69 Å². The van der Waals surface area contributed by atoms with Crippen molar-refractivity contribution in [1.82, 2.24) is 5.32 Å². The van der Waals surface area contributed by atoms with Gasteiger partial charge < -0.3 is 20.1 Å². The molecule has 0 heterocycles. The first-order valence-electron chi connectivity index (χ1n) is 5.90. The zero-order valence-electron chi connectivity index (χ0n) is 10.8. The summed E-state index contributed by atoms with van der Waals surface area (Å²) in [5.41, 5.74) is 1.11. The lowest BCUT2D eigenvalue weighted by Gasteiger charge is -2.25. The minimum absolute atomic E-state index is 0.104. The van der Waals surface area contributed by atoms with Crippen LogP contribution in [0.5, 0.6) is 5.75 Å². The molecule has 0 bridgehead atoms. The number of ether oxygens (including phenoxy) is 1. The molecule has 0 aliphatic carbocycles. The maximum atomic E-state index is 9.23. The van der Waals surface area contributed by atoms with Crippen molar-refractivity contribution in [3.63, 3.8) is 0 Å². The molecule has 0 saturated heterocycles. The second-order valence-electron chi connectivity index (χ2n) is 4.02. The fourth-order valence-corrected chi connectivity index (χ4v) is 1.75. The predicted molar refractivity (Wildman–Crippen MR) is 70.8 cm³/mol. The van der Waals surface area contributed by atoms with Gasteiger partial charge in [-0.1, -0.05) is 6.92 Å². The molecule has 0 fully saturated rings. The summed E-state index contributed by atoms with van der Waals surface area (Å²) >= 11 is 0. The summed E-state index contributed by atoms with van der Waals surface area (Å²) in [5.74, 6) is 0.854. The molecule has 1 rings (SSSR count). The molecular weight excluding hydrogens is 216 g/mol. The van der Waals surface area contributed by atoms with Crippen molar-refractivity contribution in [1.29, 1.82) is 0 Å². The second kappa shape index (κ2) is 7.14. The lowest BCUT2D eigenvalue weighted by Crippen LogP contribution is -2.42. The van der Waals surface area contributed by atoms with Gasteiger partial charge >= 0.3 is 0 Å². The van der Waals surface area contributed by atoms with Crippen molar-refractivity contribution in [2.45, 2.75) is 13.0 Å². The molecule has 2 N–H and O–H groups in total. The SMILES string of the molecule is CCNC(CO)CN(C)c1ccc(OC)cc1. The van der Waals surface area contributed by atoms with Gasteiger partial charge in [0, 0.05) is 25.3 Å². The minimum Gasteiger partial charge on any atom is -0.497 e. The Labute approximate surface area is 103 Å². The first-order chi connectivity index (χ1) is 8.21. The number of likely N-dealkylation sites (N-methyl/N-ethyl adjacent to an activating group) is 2. The predicted octanol–water partition coefficient (Wildman–Crippen LogP) is 1.10. The molecule has 0 aromatic heterocycles. The summed E-state index contributed by atoms with van der Waals surface area (Å²) in [6, 6.07) is 8.01. The van der Waals surface area contributed by atoms with E-state index in [9.17, 15) is 5.11 Å². The van der Waals surface area contributed by atoms with Crippen molar-refractivity contribution in [3.8, 4) is 5.75 Å². The maximum Gasteiger partial charge on any atom is 0.119 e. The van der Waals surface area contributed by atoms with Crippen molar-refractivity contribution in [2.24, 2.45) is 0 Å². The molecule has 1 atom stereocenters. The number of hydrogen-bond donors (Lipinski definition) is 2. The van der Waals surface area contributed by atoms with Gasteiger partial charge in [0.2, 0.25) is 0 Å². The third-order valence-electron chi connectivity index (χ3n) is 2.72. The van der Waals surface area contributed by atoms with Gasteiger partial charge in [-0.3, -0.25) is 0 Å². The fraction of sp³-hybridized carbons (Fsp3) is 0.538. The van der Waals surface area contributed by atoms with Crippen LogP contribution in [-0.2, 0) is 0 Å². The Balaban J connectivity index is 2.58. The van der Waals surface area contributed by atoms with E-state index in [-0.39, 0.29) is 12.6 Å². The van der Waals surface area contributed by atoms with Gasteiger partial charge in [0.15, 0.2) is 0 Å². The van der Waals surface area contributed by atoms with Crippen LogP contribution in [0.3, 0.4) is 0 Å². The molecule has 0 aliphatic rings. The number of benzene rings is 1.